The lowest BCUT2D eigenvalue weighted by molar-refractivity contribution is -0.128. The second kappa shape index (κ2) is 9.29. The monoisotopic (exact) mass is 532 g/mol. The number of nitrogens with zero attached hydrogens (tertiary/aromatic N) is 1. The van der Waals surface area contributed by atoms with Gasteiger partial charge in [0.05, 0.1) is 12.0 Å². The number of aryl methyl sites for hydroxylation is 1. The van der Waals surface area contributed by atoms with E-state index in [1.165, 1.54) is 0 Å². The van der Waals surface area contributed by atoms with Gasteiger partial charge in [-0.2, -0.15) is 0 Å². The quantitative estimate of drug-likeness (QED) is 0.375. The van der Waals surface area contributed by atoms with Gasteiger partial charge < -0.3 is 10.2 Å². The van der Waals surface area contributed by atoms with Crippen molar-refractivity contribution < 1.29 is 14.4 Å². The highest BCUT2D eigenvalue weighted by molar-refractivity contribution is 6.17. The molecule has 1 amide bonds. The van der Waals surface area contributed by atoms with Gasteiger partial charge >= 0.3 is 0 Å². The molecule has 4 atom stereocenters. The second-order valence-electron chi connectivity index (χ2n) is 12.4. The van der Waals surface area contributed by atoms with Gasteiger partial charge in [-0.25, -0.2) is 0 Å². The third kappa shape index (κ3) is 3.63. The molecular formula is C35H36N2O3. The highest BCUT2D eigenvalue weighted by Crippen LogP contribution is 2.59. The zero-order valence-electron chi connectivity index (χ0n) is 23.8. The Hall–Kier alpha value is -3.99. The largest absolute Gasteiger partial charge is 0.352 e. The number of benzene rings is 3. The van der Waals surface area contributed by atoms with E-state index in [2.05, 4.69) is 23.2 Å². The van der Waals surface area contributed by atoms with Crippen molar-refractivity contribution in [2.75, 3.05) is 10.2 Å². The van der Waals surface area contributed by atoms with E-state index in [1.54, 1.807) is 0 Å². The number of anilines is 2. The molecule has 4 unspecified atom stereocenters. The first-order valence-electron chi connectivity index (χ1n) is 14.2. The fraction of sp³-hybridized carbons (Fsp3) is 0.343. The van der Waals surface area contributed by atoms with Crippen LogP contribution in [0, 0.1) is 11.3 Å². The van der Waals surface area contributed by atoms with Gasteiger partial charge in [-0.15, -0.1) is 0 Å². The molecule has 0 bridgehead atoms. The average molecular weight is 533 g/mol. The maximum absolute atomic E-state index is 14.8. The fourth-order valence-corrected chi connectivity index (χ4v) is 7.13. The minimum Gasteiger partial charge on any atom is -0.352 e. The van der Waals surface area contributed by atoms with Crippen molar-refractivity contribution in [1.29, 1.82) is 0 Å². The van der Waals surface area contributed by atoms with Crippen molar-refractivity contribution in [3.05, 3.63) is 101 Å². The number of Topliss-reactive ketones (excluding diaryl/α,β-unsaturated/α-hetero) is 2. The Morgan fingerprint density at radius 1 is 0.950 bits per heavy atom. The number of hydrogen-bond acceptors (Lipinski definition) is 4. The lowest BCUT2D eigenvalue weighted by Gasteiger charge is -2.39. The first-order valence-corrected chi connectivity index (χ1v) is 14.2. The standard InChI is InChI=1S/C35H36N2O3/c1-6-11-22-16-18-23(19-17-22)31(38)29-30(32(39)34(3,4)5)37-27-15-10-7-12-24(27)21(2)20-28(37)35(29)25-13-8-9-14-26(25)36-33(35)40/h7-10,12-20,28-30H,6,11H2,1-5H3,(H,36,40). The van der Waals surface area contributed by atoms with Crippen molar-refractivity contribution in [3.63, 3.8) is 0 Å². The predicted octanol–water partition coefficient (Wildman–Crippen LogP) is 6.62. The number of ketones is 2. The van der Waals surface area contributed by atoms with E-state index in [0.717, 1.165) is 40.8 Å². The van der Waals surface area contributed by atoms with Crippen LogP contribution in [0.15, 0.2) is 78.9 Å². The van der Waals surface area contributed by atoms with Crippen LogP contribution in [0.3, 0.4) is 0 Å². The van der Waals surface area contributed by atoms with Crippen LogP contribution in [0.2, 0.25) is 0 Å². The van der Waals surface area contributed by atoms with Crippen LogP contribution >= 0.6 is 0 Å². The molecule has 1 fully saturated rings. The van der Waals surface area contributed by atoms with Crippen molar-refractivity contribution in [2.45, 2.75) is 65.0 Å². The summed E-state index contributed by atoms with van der Waals surface area (Å²) in [5.74, 6) is -1.36. The van der Waals surface area contributed by atoms with E-state index in [-0.39, 0.29) is 17.5 Å². The summed E-state index contributed by atoms with van der Waals surface area (Å²) >= 11 is 0. The smallest absolute Gasteiger partial charge is 0.238 e. The summed E-state index contributed by atoms with van der Waals surface area (Å²) in [6.07, 6.45) is 4.05. The van der Waals surface area contributed by atoms with E-state index in [9.17, 15) is 14.4 Å². The van der Waals surface area contributed by atoms with Gasteiger partial charge in [0.1, 0.15) is 11.5 Å². The molecule has 1 saturated heterocycles. The minimum absolute atomic E-state index is 0.0461. The first kappa shape index (κ1) is 26.2. The molecular weight excluding hydrogens is 496 g/mol. The Balaban J connectivity index is 1.66. The number of hydrogen-bond donors (Lipinski definition) is 1. The van der Waals surface area contributed by atoms with Gasteiger partial charge in [0.25, 0.3) is 0 Å². The molecule has 3 aliphatic heterocycles. The van der Waals surface area contributed by atoms with Crippen molar-refractivity contribution >= 4 is 34.4 Å². The summed E-state index contributed by atoms with van der Waals surface area (Å²) in [5, 5.41) is 3.10. The Labute approximate surface area is 236 Å². The summed E-state index contributed by atoms with van der Waals surface area (Å²) < 4.78 is 0. The van der Waals surface area contributed by atoms with Gasteiger partial charge in [0.15, 0.2) is 11.6 Å². The molecule has 1 N–H and O–H groups in total. The second-order valence-corrected chi connectivity index (χ2v) is 12.4. The van der Waals surface area contributed by atoms with Crippen molar-refractivity contribution in [1.82, 2.24) is 0 Å². The molecule has 40 heavy (non-hydrogen) atoms. The molecule has 5 nitrogen and oxygen atoms in total. The molecule has 3 heterocycles. The highest BCUT2D eigenvalue weighted by atomic mass is 16.2. The van der Waals surface area contributed by atoms with E-state index < -0.39 is 28.8 Å². The molecule has 1 spiro atoms. The zero-order chi connectivity index (χ0) is 28.4. The molecule has 3 aromatic rings. The van der Waals surface area contributed by atoms with Crippen LogP contribution in [0.4, 0.5) is 11.4 Å². The minimum atomic E-state index is -1.27. The summed E-state index contributed by atoms with van der Waals surface area (Å²) in [7, 11) is 0. The molecule has 3 aliphatic rings. The van der Waals surface area contributed by atoms with Crippen LogP contribution in [0.1, 0.15) is 68.1 Å². The number of carbonyl (C=O) groups is 3. The van der Waals surface area contributed by atoms with Gasteiger partial charge in [0, 0.05) is 27.9 Å². The van der Waals surface area contributed by atoms with Crippen LogP contribution in [-0.4, -0.2) is 29.6 Å². The summed E-state index contributed by atoms with van der Waals surface area (Å²) in [6.45, 7) is 9.87. The Morgan fingerprint density at radius 3 is 2.33 bits per heavy atom. The summed E-state index contributed by atoms with van der Waals surface area (Å²) in [4.78, 5) is 45.8. The summed E-state index contributed by atoms with van der Waals surface area (Å²) in [5.41, 5.74) is 4.12. The third-order valence-corrected chi connectivity index (χ3v) is 8.95. The number of carbonyl (C=O) groups excluding carboxylic acids is 3. The predicted molar refractivity (Wildman–Crippen MR) is 160 cm³/mol. The number of nitrogens with one attached hydrogen (secondary N) is 1. The first-order chi connectivity index (χ1) is 19.1. The number of rotatable bonds is 5. The maximum Gasteiger partial charge on any atom is 0.238 e. The molecule has 0 radical (unpaired) electrons. The van der Waals surface area contributed by atoms with E-state index >= 15 is 0 Å². The third-order valence-electron chi connectivity index (χ3n) is 8.95. The lowest BCUT2D eigenvalue weighted by atomic mass is 9.63. The Kier molecular flexibility index (Phi) is 6.10. The van der Waals surface area contributed by atoms with E-state index in [4.69, 9.17) is 0 Å². The van der Waals surface area contributed by atoms with Crippen LogP contribution in [0.25, 0.3) is 5.57 Å². The van der Waals surface area contributed by atoms with Crippen LogP contribution in [-0.2, 0) is 21.4 Å². The fourth-order valence-electron chi connectivity index (χ4n) is 7.13. The molecule has 204 valence electrons. The number of para-hydroxylation sites is 2. The summed E-state index contributed by atoms with van der Waals surface area (Å²) in [6, 6.07) is 22.0. The number of amides is 1. The van der Waals surface area contributed by atoms with E-state index in [0.29, 0.717) is 11.3 Å². The van der Waals surface area contributed by atoms with Gasteiger partial charge in [0.2, 0.25) is 5.91 Å². The maximum atomic E-state index is 14.8. The number of fused-ring (bicyclic) bond motifs is 6. The molecule has 0 saturated carbocycles. The lowest BCUT2D eigenvalue weighted by Crippen LogP contribution is -2.51. The van der Waals surface area contributed by atoms with Gasteiger partial charge in [-0.3, -0.25) is 14.4 Å². The van der Waals surface area contributed by atoms with Gasteiger partial charge in [-0.05, 0) is 42.2 Å². The zero-order valence-corrected chi connectivity index (χ0v) is 23.8. The number of allylic oxidation sites excluding steroid dienone is 1. The van der Waals surface area contributed by atoms with Gasteiger partial charge in [-0.1, -0.05) is 101 Å². The molecule has 6 rings (SSSR count). The molecule has 0 aliphatic carbocycles. The van der Waals surface area contributed by atoms with Crippen LogP contribution in [0.5, 0.6) is 0 Å². The normalized spacial score (nSPS) is 24.7. The topological polar surface area (TPSA) is 66.5 Å². The molecule has 5 heteroatoms. The highest BCUT2D eigenvalue weighted by Gasteiger charge is 2.71. The van der Waals surface area contributed by atoms with E-state index in [1.807, 2.05) is 100 Å². The Bertz CT molecular complexity index is 1560. The van der Waals surface area contributed by atoms with Crippen molar-refractivity contribution in [3.8, 4) is 0 Å². The SMILES string of the molecule is CCCc1ccc(C(=O)C2C(C(=O)C(C)(C)C)N3c4ccccc4C(C)=CC3C23C(=O)Nc2ccccc23)cc1. The average Bonchev–Trinajstić information content (AvgIpc) is 3.40. The molecule has 0 aromatic heterocycles. The Morgan fingerprint density at radius 2 is 1.62 bits per heavy atom. The van der Waals surface area contributed by atoms with Crippen LogP contribution < -0.4 is 10.2 Å². The molecule has 3 aromatic carbocycles. The van der Waals surface area contributed by atoms with Crippen molar-refractivity contribution in [2.24, 2.45) is 11.3 Å².